The molecule has 1 unspecified atom stereocenters. The highest BCUT2D eigenvalue weighted by atomic mass is 32.2. The lowest BCUT2D eigenvalue weighted by Crippen LogP contribution is -2.50. The number of hydrogen-bond acceptors (Lipinski definition) is 4. The number of rotatable bonds is 3. The molecule has 0 aromatic heterocycles. The van der Waals surface area contributed by atoms with Gasteiger partial charge in [0.2, 0.25) is 0 Å². The van der Waals surface area contributed by atoms with Gasteiger partial charge in [0, 0.05) is 28.5 Å². The lowest BCUT2D eigenvalue weighted by Gasteiger charge is -2.33. The first-order valence-electron chi connectivity index (χ1n) is 6.30. The van der Waals surface area contributed by atoms with Crippen molar-refractivity contribution in [2.24, 2.45) is 0 Å². The SMILES string of the molecule is CSc1ccc(C)c(C(=O)N2CCSCC2C(=O)O)c1. The quantitative estimate of drug-likeness (QED) is 0.869. The number of aryl methyl sites for hydroxylation is 1. The molecular formula is C14H17NO3S2. The van der Waals surface area contributed by atoms with Gasteiger partial charge in [-0.15, -0.1) is 11.8 Å². The van der Waals surface area contributed by atoms with Gasteiger partial charge in [0.25, 0.3) is 5.91 Å². The number of aliphatic carboxylic acids is 1. The van der Waals surface area contributed by atoms with Crippen molar-refractivity contribution >= 4 is 35.4 Å². The fourth-order valence-corrected chi connectivity index (χ4v) is 3.64. The lowest BCUT2D eigenvalue weighted by atomic mass is 10.1. The van der Waals surface area contributed by atoms with E-state index < -0.39 is 12.0 Å². The summed E-state index contributed by atoms with van der Waals surface area (Å²) in [5.41, 5.74) is 1.49. The van der Waals surface area contributed by atoms with E-state index >= 15 is 0 Å². The Morgan fingerprint density at radius 1 is 1.45 bits per heavy atom. The topological polar surface area (TPSA) is 57.6 Å². The summed E-state index contributed by atoms with van der Waals surface area (Å²) in [5, 5.41) is 9.26. The highest BCUT2D eigenvalue weighted by Crippen LogP contribution is 2.24. The molecule has 1 saturated heterocycles. The molecule has 4 nitrogen and oxygen atoms in total. The maximum Gasteiger partial charge on any atom is 0.327 e. The summed E-state index contributed by atoms with van der Waals surface area (Å²) in [6, 6.07) is 5.01. The summed E-state index contributed by atoms with van der Waals surface area (Å²) in [6.45, 7) is 2.37. The molecule has 20 heavy (non-hydrogen) atoms. The number of hydrogen-bond donors (Lipinski definition) is 1. The molecule has 0 radical (unpaired) electrons. The molecule has 0 aliphatic carbocycles. The minimum absolute atomic E-state index is 0.175. The number of amides is 1. The molecule has 1 aromatic carbocycles. The standard InChI is InChI=1S/C14H17NO3S2/c1-9-3-4-10(19-2)7-11(9)13(16)15-5-6-20-8-12(15)14(17)18/h3-4,7,12H,5-6,8H2,1-2H3,(H,17,18). The molecule has 2 rings (SSSR count). The number of benzene rings is 1. The van der Waals surface area contributed by atoms with Crippen LogP contribution in [-0.4, -0.2) is 52.2 Å². The van der Waals surface area contributed by atoms with E-state index in [0.29, 0.717) is 17.9 Å². The zero-order valence-corrected chi connectivity index (χ0v) is 13.1. The molecule has 6 heteroatoms. The van der Waals surface area contributed by atoms with Gasteiger partial charge in [0.15, 0.2) is 0 Å². The Balaban J connectivity index is 2.31. The molecule has 1 aliphatic heterocycles. The molecular weight excluding hydrogens is 294 g/mol. The Labute approximate surface area is 126 Å². The molecule has 1 aromatic rings. The van der Waals surface area contributed by atoms with E-state index in [1.54, 1.807) is 23.5 Å². The highest BCUT2D eigenvalue weighted by molar-refractivity contribution is 7.99. The average molecular weight is 311 g/mol. The van der Waals surface area contributed by atoms with Crippen LogP contribution in [0.15, 0.2) is 23.1 Å². The number of carbonyl (C=O) groups excluding carboxylic acids is 1. The predicted molar refractivity (Wildman–Crippen MR) is 82.7 cm³/mol. The molecule has 1 amide bonds. The minimum atomic E-state index is -0.927. The zero-order chi connectivity index (χ0) is 14.7. The monoisotopic (exact) mass is 311 g/mol. The van der Waals surface area contributed by atoms with Crippen LogP contribution in [0.4, 0.5) is 0 Å². The third-order valence-electron chi connectivity index (χ3n) is 3.35. The smallest absolute Gasteiger partial charge is 0.327 e. The second-order valence-electron chi connectivity index (χ2n) is 4.61. The summed E-state index contributed by atoms with van der Waals surface area (Å²) in [6.07, 6.45) is 1.95. The molecule has 1 fully saturated rings. The summed E-state index contributed by atoms with van der Waals surface area (Å²) >= 11 is 3.15. The van der Waals surface area contributed by atoms with E-state index in [4.69, 9.17) is 0 Å². The van der Waals surface area contributed by atoms with Crippen molar-refractivity contribution in [2.75, 3.05) is 24.3 Å². The molecule has 0 spiro atoms. The Kier molecular flexibility index (Phi) is 4.99. The van der Waals surface area contributed by atoms with Gasteiger partial charge in [0.1, 0.15) is 6.04 Å². The molecule has 1 heterocycles. The van der Waals surface area contributed by atoms with Crippen LogP contribution >= 0.6 is 23.5 Å². The van der Waals surface area contributed by atoms with Crippen LogP contribution in [0.2, 0.25) is 0 Å². The Morgan fingerprint density at radius 3 is 2.85 bits per heavy atom. The normalized spacial score (nSPS) is 18.9. The van der Waals surface area contributed by atoms with E-state index in [1.165, 1.54) is 4.90 Å². The van der Waals surface area contributed by atoms with Crippen LogP contribution in [-0.2, 0) is 4.79 Å². The molecule has 1 atom stereocenters. The fourth-order valence-electron chi connectivity index (χ4n) is 2.16. The maximum absolute atomic E-state index is 12.6. The van der Waals surface area contributed by atoms with Gasteiger partial charge in [-0.2, -0.15) is 11.8 Å². The molecule has 108 valence electrons. The van der Waals surface area contributed by atoms with Crippen LogP contribution < -0.4 is 0 Å². The van der Waals surface area contributed by atoms with Crippen molar-refractivity contribution in [3.63, 3.8) is 0 Å². The first kappa shape index (κ1) is 15.3. The number of thioether (sulfide) groups is 2. The predicted octanol–water partition coefficient (Wildman–Crippen LogP) is 2.36. The van der Waals surface area contributed by atoms with E-state index in [-0.39, 0.29) is 5.91 Å². The number of carboxylic acids is 1. The summed E-state index contributed by atoms with van der Waals surface area (Å²) < 4.78 is 0. The maximum atomic E-state index is 12.6. The summed E-state index contributed by atoms with van der Waals surface area (Å²) in [4.78, 5) is 26.4. The van der Waals surface area contributed by atoms with Crippen molar-refractivity contribution in [2.45, 2.75) is 17.9 Å². The summed E-state index contributed by atoms with van der Waals surface area (Å²) in [7, 11) is 0. The van der Waals surface area contributed by atoms with Crippen LogP contribution in [0.5, 0.6) is 0 Å². The third kappa shape index (κ3) is 3.12. The van der Waals surface area contributed by atoms with Gasteiger partial charge in [-0.25, -0.2) is 4.79 Å². The van der Waals surface area contributed by atoms with E-state index in [2.05, 4.69) is 0 Å². The van der Waals surface area contributed by atoms with Crippen molar-refractivity contribution in [3.05, 3.63) is 29.3 Å². The Hall–Kier alpha value is -1.14. The summed E-state index contributed by atoms with van der Waals surface area (Å²) in [5.74, 6) is 0.148. The first-order valence-corrected chi connectivity index (χ1v) is 8.68. The van der Waals surface area contributed by atoms with Gasteiger partial charge >= 0.3 is 5.97 Å². The number of carboxylic acid groups (broad SMARTS) is 1. The molecule has 0 bridgehead atoms. The Morgan fingerprint density at radius 2 is 2.20 bits per heavy atom. The van der Waals surface area contributed by atoms with E-state index in [1.807, 2.05) is 31.4 Å². The van der Waals surface area contributed by atoms with Crippen molar-refractivity contribution in [3.8, 4) is 0 Å². The van der Waals surface area contributed by atoms with Gasteiger partial charge < -0.3 is 10.0 Å². The van der Waals surface area contributed by atoms with Crippen LogP contribution in [0.3, 0.4) is 0 Å². The lowest BCUT2D eigenvalue weighted by molar-refractivity contribution is -0.141. The molecule has 1 N–H and O–H groups in total. The van der Waals surface area contributed by atoms with Crippen molar-refractivity contribution in [1.29, 1.82) is 0 Å². The second-order valence-corrected chi connectivity index (χ2v) is 6.64. The van der Waals surface area contributed by atoms with E-state index in [9.17, 15) is 14.7 Å². The number of carbonyl (C=O) groups is 2. The van der Waals surface area contributed by atoms with Crippen LogP contribution in [0, 0.1) is 6.92 Å². The first-order chi connectivity index (χ1) is 9.54. The van der Waals surface area contributed by atoms with Crippen LogP contribution in [0.25, 0.3) is 0 Å². The van der Waals surface area contributed by atoms with Gasteiger partial charge in [-0.1, -0.05) is 6.07 Å². The van der Waals surface area contributed by atoms with Gasteiger partial charge in [-0.05, 0) is 30.9 Å². The van der Waals surface area contributed by atoms with Gasteiger partial charge in [0.05, 0.1) is 0 Å². The third-order valence-corrected chi connectivity index (χ3v) is 5.10. The molecule has 1 aliphatic rings. The number of nitrogens with zero attached hydrogens (tertiary/aromatic N) is 1. The van der Waals surface area contributed by atoms with Crippen molar-refractivity contribution in [1.82, 2.24) is 4.90 Å². The minimum Gasteiger partial charge on any atom is -0.480 e. The highest BCUT2D eigenvalue weighted by Gasteiger charge is 2.33. The molecule has 0 saturated carbocycles. The zero-order valence-electron chi connectivity index (χ0n) is 11.5. The van der Waals surface area contributed by atoms with Crippen molar-refractivity contribution < 1.29 is 14.7 Å². The van der Waals surface area contributed by atoms with Crippen LogP contribution in [0.1, 0.15) is 15.9 Å². The largest absolute Gasteiger partial charge is 0.480 e. The fraction of sp³-hybridized carbons (Fsp3) is 0.429. The average Bonchev–Trinajstić information content (AvgIpc) is 2.47. The second kappa shape index (κ2) is 6.54. The van der Waals surface area contributed by atoms with E-state index in [0.717, 1.165) is 16.2 Å². The van der Waals surface area contributed by atoms with Gasteiger partial charge in [-0.3, -0.25) is 4.79 Å². The Bertz CT molecular complexity index is 533.